The van der Waals surface area contributed by atoms with Crippen molar-refractivity contribution in [2.75, 3.05) is 0 Å². The predicted octanol–water partition coefficient (Wildman–Crippen LogP) is 7.21. The first-order valence-electron chi connectivity index (χ1n) is 9.98. The van der Waals surface area contributed by atoms with Crippen LogP contribution in [-0.4, -0.2) is 21.8 Å². The molecule has 1 aliphatic rings. The van der Waals surface area contributed by atoms with Crippen molar-refractivity contribution in [3.05, 3.63) is 77.7 Å². The van der Waals surface area contributed by atoms with Crippen molar-refractivity contribution in [2.24, 2.45) is 0 Å². The third-order valence-corrected chi connectivity index (χ3v) is 5.39. The molecule has 0 atom stereocenters. The topological polar surface area (TPSA) is 50.2 Å². The molecule has 185 valence electrons. The molecule has 35 heavy (non-hydrogen) atoms. The molecule has 0 saturated heterocycles. The number of carbonyl (C=O) groups excluding carboxylic acids is 1. The fraction of sp³-hybridized carbons (Fsp3) is 0.200. The number of halogens is 6. The molecule has 1 radical (unpaired) electrons. The first-order valence-corrected chi connectivity index (χ1v) is 9.98. The van der Waals surface area contributed by atoms with E-state index >= 15 is 0 Å². The molecular weight excluding hydrogens is 652 g/mol. The van der Waals surface area contributed by atoms with Crippen molar-refractivity contribution in [1.29, 1.82) is 0 Å². The number of allylic oxidation sites excluding steroid dienone is 2. The van der Waals surface area contributed by atoms with Crippen LogP contribution in [0.2, 0.25) is 0 Å². The van der Waals surface area contributed by atoms with Crippen molar-refractivity contribution >= 4 is 38.2 Å². The summed E-state index contributed by atoms with van der Waals surface area (Å²) in [5.41, 5.74) is -3.09. The summed E-state index contributed by atoms with van der Waals surface area (Å²) >= 11 is 0. The van der Waals surface area contributed by atoms with Crippen LogP contribution in [-0.2, 0) is 36.7 Å². The molecule has 1 N–H and O–H groups in total. The van der Waals surface area contributed by atoms with E-state index in [-0.39, 0.29) is 42.6 Å². The second-order valence-corrected chi connectivity index (χ2v) is 7.96. The Balaban J connectivity index is 0.000000378. The summed E-state index contributed by atoms with van der Waals surface area (Å²) in [4.78, 5) is 13.6. The monoisotopic (exact) mass is 669 g/mol. The molecule has 5 rings (SSSR count). The van der Waals surface area contributed by atoms with Crippen molar-refractivity contribution in [1.82, 2.24) is 4.98 Å². The number of aromatic nitrogens is 1. The van der Waals surface area contributed by atoms with E-state index in [1.807, 2.05) is 12.1 Å². The fourth-order valence-corrected chi connectivity index (χ4v) is 3.83. The first-order chi connectivity index (χ1) is 15.8. The number of hydrogen-bond acceptors (Lipinski definition) is 3. The van der Waals surface area contributed by atoms with Gasteiger partial charge in [-0.05, 0) is 25.3 Å². The van der Waals surface area contributed by atoms with Gasteiger partial charge in [0.15, 0.2) is 5.78 Å². The third kappa shape index (κ3) is 4.19. The second-order valence-electron chi connectivity index (χ2n) is 7.96. The number of pyridine rings is 1. The average molecular weight is 669 g/mol. The van der Waals surface area contributed by atoms with Crippen LogP contribution in [0.15, 0.2) is 60.4 Å². The molecule has 0 bridgehead atoms. The second kappa shape index (κ2) is 8.91. The number of nitrogens with zero attached hydrogens (tertiary/aromatic N) is 1. The summed E-state index contributed by atoms with van der Waals surface area (Å²) in [6.07, 6.45) is 1.17. The Morgan fingerprint density at radius 3 is 2.14 bits per heavy atom. The molecule has 0 spiro atoms. The van der Waals surface area contributed by atoms with Crippen molar-refractivity contribution < 1.29 is 56.3 Å². The zero-order chi connectivity index (χ0) is 25.1. The summed E-state index contributed by atoms with van der Waals surface area (Å²) < 4.78 is 83.6. The first kappa shape index (κ1) is 26.6. The molecule has 0 saturated carbocycles. The van der Waals surface area contributed by atoms with Crippen molar-refractivity contribution in [2.45, 2.75) is 31.6 Å². The van der Waals surface area contributed by atoms with E-state index < -0.39 is 29.0 Å². The minimum atomic E-state index is -5.54. The molecular formula is C25H16F6IrNO2-. The Bertz CT molecular complexity index is 1500. The van der Waals surface area contributed by atoms with Gasteiger partial charge in [0.25, 0.3) is 0 Å². The summed E-state index contributed by atoms with van der Waals surface area (Å²) in [5, 5.41) is 10.8. The van der Waals surface area contributed by atoms with Gasteiger partial charge in [-0.25, -0.2) is 0 Å². The van der Waals surface area contributed by atoms with Gasteiger partial charge in [0.2, 0.25) is 0 Å². The van der Waals surface area contributed by atoms with E-state index in [9.17, 15) is 31.1 Å². The number of aliphatic hydroxyl groups is 1. The molecule has 0 amide bonds. The van der Waals surface area contributed by atoms with Crippen LogP contribution in [0.3, 0.4) is 0 Å². The molecule has 0 aliphatic heterocycles. The largest absolute Gasteiger partial charge is 0.512 e. The van der Waals surface area contributed by atoms with Crippen LogP contribution >= 0.6 is 0 Å². The fourth-order valence-electron chi connectivity index (χ4n) is 3.83. The van der Waals surface area contributed by atoms with Crippen molar-refractivity contribution in [3.8, 4) is 0 Å². The van der Waals surface area contributed by atoms with Gasteiger partial charge >= 0.3 is 17.8 Å². The SMILES string of the molecule is CC(=O)C=C(C)O.FC1(F)c2cc3ccc4cc5ccccc5[c-]c4c3nc2C(F)(F)C1(F)F.[Ir]. The zero-order valence-corrected chi connectivity index (χ0v) is 20.5. The van der Waals surface area contributed by atoms with E-state index in [4.69, 9.17) is 5.11 Å². The van der Waals surface area contributed by atoms with E-state index in [0.29, 0.717) is 22.2 Å². The van der Waals surface area contributed by atoms with Crippen LogP contribution in [0.4, 0.5) is 26.3 Å². The Labute approximate surface area is 208 Å². The van der Waals surface area contributed by atoms with Crippen LogP contribution < -0.4 is 0 Å². The summed E-state index contributed by atoms with van der Waals surface area (Å²) in [6, 6.07) is 15.6. The maximum Gasteiger partial charge on any atom is 0.382 e. The minimum Gasteiger partial charge on any atom is -0.512 e. The third-order valence-electron chi connectivity index (χ3n) is 5.39. The number of fused-ring (bicyclic) bond motifs is 5. The Kier molecular flexibility index (Phi) is 6.78. The van der Waals surface area contributed by atoms with E-state index in [1.165, 1.54) is 26.0 Å². The van der Waals surface area contributed by atoms with Crippen LogP contribution in [0.25, 0.3) is 32.4 Å². The van der Waals surface area contributed by atoms with Gasteiger partial charge in [-0.1, -0.05) is 46.5 Å². The summed E-state index contributed by atoms with van der Waals surface area (Å²) in [6.45, 7) is 2.85. The van der Waals surface area contributed by atoms with Gasteiger partial charge in [-0.2, -0.15) is 26.3 Å². The van der Waals surface area contributed by atoms with Crippen LogP contribution in [0, 0.1) is 6.07 Å². The molecule has 1 aromatic heterocycles. The van der Waals surface area contributed by atoms with Crippen LogP contribution in [0.5, 0.6) is 0 Å². The summed E-state index contributed by atoms with van der Waals surface area (Å²) in [5.74, 6) is -15.7. The zero-order valence-electron chi connectivity index (χ0n) is 18.1. The number of aliphatic hydroxyl groups excluding tert-OH is 1. The number of carbonyl (C=O) groups is 1. The van der Waals surface area contributed by atoms with Gasteiger partial charge in [0.1, 0.15) is 5.69 Å². The predicted molar refractivity (Wildman–Crippen MR) is 115 cm³/mol. The number of alkyl halides is 6. The van der Waals surface area contributed by atoms with Gasteiger partial charge in [0, 0.05) is 31.7 Å². The molecule has 1 heterocycles. The number of benzene rings is 3. The number of rotatable bonds is 1. The Hall–Kier alpha value is -2.97. The smallest absolute Gasteiger partial charge is 0.382 e. The van der Waals surface area contributed by atoms with Gasteiger partial charge in [-0.3, -0.25) is 9.78 Å². The molecule has 4 aromatic rings. The van der Waals surface area contributed by atoms with E-state index in [1.54, 1.807) is 24.3 Å². The van der Waals surface area contributed by atoms with E-state index in [0.717, 1.165) is 5.39 Å². The van der Waals surface area contributed by atoms with Gasteiger partial charge < -0.3 is 5.11 Å². The summed E-state index contributed by atoms with van der Waals surface area (Å²) in [7, 11) is 0. The standard InChI is InChI=1S/C20H8F6N.C5H8O2.Ir/c21-18(22)15-9-13-6-5-12-7-10-3-1-2-4-11(10)8-14(12)16(13)27-17(15)19(23,24)20(18,25)26;1-4(6)3-5(2)7;/h1-7,9H;3,6H,1-2H3;/q-1;;. The molecule has 0 unspecified atom stereocenters. The minimum absolute atomic E-state index is 0. The van der Waals surface area contributed by atoms with Gasteiger partial charge in [0.05, 0.1) is 11.3 Å². The van der Waals surface area contributed by atoms with Gasteiger partial charge in [-0.15, -0.1) is 23.6 Å². The number of hydrogen-bond donors (Lipinski definition) is 1. The van der Waals surface area contributed by atoms with Crippen molar-refractivity contribution in [3.63, 3.8) is 0 Å². The molecule has 1 aliphatic carbocycles. The molecule has 3 aromatic carbocycles. The normalized spacial score (nSPS) is 17.4. The quantitative estimate of drug-likeness (QED) is 0.0583. The molecule has 0 fully saturated rings. The van der Waals surface area contributed by atoms with E-state index in [2.05, 4.69) is 11.1 Å². The van der Waals surface area contributed by atoms with Crippen LogP contribution in [0.1, 0.15) is 25.1 Å². The molecule has 10 heteroatoms. The Morgan fingerprint density at radius 2 is 1.54 bits per heavy atom. The maximum absolute atomic E-state index is 14.1. The maximum atomic E-state index is 14.1. The average Bonchev–Trinajstić information content (AvgIpc) is 2.85. The Morgan fingerprint density at radius 1 is 0.914 bits per heavy atom. The number of ketones is 1. The molecule has 3 nitrogen and oxygen atoms in total.